The van der Waals surface area contributed by atoms with E-state index in [2.05, 4.69) is 10.1 Å². The van der Waals surface area contributed by atoms with Gasteiger partial charge in [0.2, 0.25) is 5.89 Å². The van der Waals surface area contributed by atoms with Crippen molar-refractivity contribution in [3.63, 3.8) is 0 Å². The topological polar surface area (TPSA) is 87.0 Å². The molecule has 0 unspecified atom stereocenters. The normalized spacial score (nSPS) is 10.9. The number of oxazole rings is 1. The molecule has 0 aliphatic heterocycles. The van der Waals surface area contributed by atoms with E-state index in [0.29, 0.717) is 28.1 Å². The van der Waals surface area contributed by atoms with E-state index in [0.717, 1.165) is 5.56 Å². The van der Waals surface area contributed by atoms with E-state index in [-0.39, 0.29) is 12.2 Å². The highest BCUT2D eigenvalue weighted by Crippen LogP contribution is 2.25. The highest BCUT2D eigenvalue weighted by molar-refractivity contribution is 6.30. The van der Waals surface area contributed by atoms with E-state index in [1.165, 1.54) is 4.68 Å². The van der Waals surface area contributed by atoms with Crippen LogP contribution < -0.4 is 0 Å². The summed E-state index contributed by atoms with van der Waals surface area (Å²) in [5.74, 6) is 1.03. The zero-order valence-electron chi connectivity index (χ0n) is 12.5. The van der Waals surface area contributed by atoms with Gasteiger partial charge in [-0.25, -0.2) is 4.98 Å². The van der Waals surface area contributed by atoms with Crippen LogP contribution in [0, 0.1) is 24.0 Å². The highest BCUT2D eigenvalue weighted by Gasteiger charge is 2.22. The number of hydrogen-bond donors (Lipinski definition) is 0. The van der Waals surface area contributed by atoms with Crippen molar-refractivity contribution in [2.75, 3.05) is 0 Å². The standard InChI is InChI=1S/C15H13ClN4O3/c1-9-15(20(21)22)10(2)19(18-9)8-14-17-7-13(23-14)11-3-5-12(16)6-4-11/h3-7H,8H2,1-2H3. The van der Waals surface area contributed by atoms with Gasteiger partial charge in [-0.15, -0.1) is 0 Å². The molecule has 3 rings (SSSR count). The molecule has 0 aliphatic rings. The second kappa shape index (κ2) is 5.85. The lowest BCUT2D eigenvalue weighted by Crippen LogP contribution is -2.04. The third kappa shape index (κ3) is 2.95. The van der Waals surface area contributed by atoms with Crippen molar-refractivity contribution in [1.82, 2.24) is 14.8 Å². The molecule has 2 aromatic heterocycles. The van der Waals surface area contributed by atoms with Crippen LogP contribution in [-0.2, 0) is 6.54 Å². The van der Waals surface area contributed by atoms with Crippen molar-refractivity contribution < 1.29 is 9.34 Å². The van der Waals surface area contributed by atoms with Gasteiger partial charge >= 0.3 is 5.69 Å². The molecule has 1 aromatic carbocycles. The molecule has 23 heavy (non-hydrogen) atoms. The van der Waals surface area contributed by atoms with Crippen molar-refractivity contribution >= 4 is 17.3 Å². The summed E-state index contributed by atoms with van der Waals surface area (Å²) in [5.41, 5.74) is 1.72. The molecule has 0 bridgehead atoms. The average molecular weight is 333 g/mol. The number of aromatic nitrogens is 3. The summed E-state index contributed by atoms with van der Waals surface area (Å²) in [7, 11) is 0. The fraction of sp³-hybridized carbons (Fsp3) is 0.200. The van der Waals surface area contributed by atoms with Crippen molar-refractivity contribution in [1.29, 1.82) is 0 Å². The molecule has 0 radical (unpaired) electrons. The Kier molecular flexibility index (Phi) is 3.87. The van der Waals surface area contributed by atoms with E-state index in [9.17, 15) is 10.1 Å². The first kappa shape index (κ1) is 15.2. The van der Waals surface area contributed by atoms with Gasteiger partial charge in [0.1, 0.15) is 17.9 Å². The Morgan fingerprint density at radius 2 is 2.00 bits per heavy atom. The Hall–Kier alpha value is -2.67. The zero-order chi connectivity index (χ0) is 16.6. The van der Waals surface area contributed by atoms with Crippen molar-refractivity contribution in [3.05, 3.63) is 62.9 Å². The maximum Gasteiger partial charge on any atom is 0.312 e. The molecule has 7 nitrogen and oxygen atoms in total. The largest absolute Gasteiger partial charge is 0.439 e. The summed E-state index contributed by atoms with van der Waals surface area (Å²) in [4.78, 5) is 14.8. The van der Waals surface area contributed by atoms with Gasteiger partial charge in [-0.3, -0.25) is 14.8 Å². The Bertz CT molecular complexity index is 867. The first-order valence-electron chi connectivity index (χ1n) is 6.84. The quantitative estimate of drug-likeness (QED) is 0.536. The van der Waals surface area contributed by atoms with Crippen LogP contribution in [0.4, 0.5) is 5.69 Å². The van der Waals surface area contributed by atoms with E-state index >= 15 is 0 Å². The molecule has 0 aliphatic carbocycles. The minimum atomic E-state index is -0.428. The second-order valence-electron chi connectivity index (χ2n) is 5.06. The summed E-state index contributed by atoms with van der Waals surface area (Å²) in [6.07, 6.45) is 1.61. The van der Waals surface area contributed by atoms with E-state index in [1.807, 2.05) is 12.1 Å². The van der Waals surface area contributed by atoms with Gasteiger partial charge < -0.3 is 4.42 Å². The third-order valence-corrected chi connectivity index (χ3v) is 3.75. The Morgan fingerprint density at radius 3 is 2.61 bits per heavy atom. The molecule has 8 heteroatoms. The highest BCUT2D eigenvalue weighted by atomic mass is 35.5. The second-order valence-corrected chi connectivity index (χ2v) is 5.50. The van der Waals surface area contributed by atoms with E-state index in [1.54, 1.807) is 32.2 Å². The van der Waals surface area contributed by atoms with Crippen molar-refractivity contribution in [2.45, 2.75) is 20.4 Å². The van der Waals surface area contributed by atoms with Gasteiger partial charge in [-0.2, -0.15) is 5.10 Å². The number of aryl methyl sites for hydroxylation is 1. The van der Waals surface area contributed by atoms with Crippen LogP contribution in [0.15, 0.2) is 34.9 Å². The predicted octanol–water partition coefficient (Wildman–Crippen LogP) is 3.76. The minimum absolute atomic E-state index is 0.0227. The van der Waals surface area contributed by atoms with Crippen molar-refractivity contribution in [3.8, 4) is 11.3 Å². The number of nitrogens with zero attached hydrogens (tertiary/aromatic N) is 4. The summed E-state index contributed by atoms with van der Waals surface area (Å²) < 4.78 is 7.21. The number of halogens is 1. The van der Waals surface area contributed by atoms with Crippen LogP contribution in [0.1, 0.15) is 17.3 Å². The van der Waals surface area contributed by atoms with Crippen LogP contribution in [0.5, 0.6) is 0 Å². The number of rotatable bonds is 4. The summed E-state index contributed by atoms with van der Waals surface area (Å²) in [6.45, 7) is 3.49. The lowest BCUT2D eigenvalue weighted by Gasteiger charge is -2.00. The van der Waals surface area contributed by atoms with Gasteiger partial charge in [0.25, 0.3) is 0 Å². The van der Waals surface area contributed by atoms with Gasteiger partial charge in [0.15, 0.2) is 5.76 Å². The molecule has 0 saturated heterocycles. The molecule has 0 fully saturated rings. The average Bonchev–Trinajstić information content (AvgIpc) is 3.05. The van der Waals surface area contributed by atoms with Crippen LogP contribution >= 0.6 is 11.6 Å². The van der Waals surface area contributed by atoms with Gasteiger partial charge in [0, 0.05) is 10.6 Å². The smallest absolute Gasteiger partial charge is 0.312 e. The Balaban J connectivity index is 1.86. The molecular weight excluding hydrogens is 320 g/mol. The summed E-state index contributed by atoms with van der Waals surface area (Å²) in [6, 6.07) is 7.20. The molecule has 118 valence electrons. The molecule has 0 atom stereocenters. The fourth-order valence-electron chi connectivity index (χ4n) is 2.36. The third-order valence-electron chi connectivity index (χ3n) is 3.49. The first-order valence-corrected chi connectivity index (χ1v) is 7.22. The van der Waals surface area contributed by atoms with E-state index in [4.69, 9.17) is 16.0 Å². The molecular formula is C15H13ClN4O3. The maximum atomic E-state index is 11.0. The van der Waals surface area contributed by atoms with Crippen LogP contribution in [0.3, 0.4) is 0 Å². The van der Waals surface area contributed by atoms with Crippen LogP contribution in [0.2, 0.25) is 5.02 Å². The van der Waals surface area contributed by atoms with Crippen molar-refractivity contribution in [2.24, 2.45) is 0 Å². The number of hydrogen-bond acceptors (Lipinski definition) is 5. The van der Waals surface area contributed by atoms with Gasteiger partial charge in [-0.1, -0.05) is 11.6 Å². The first-order chi connectivity index (χ1) is 11.0. The molecule has 0 saturated carbocycles. The number of benzene rings is 1. The molecule has 0 spiro atoms. The number of nitro groups is 1. The molecule has 0 N–H and O–H groups in total. The molecule has 3 aromatic rings. The maximum absolute atomic E-state index is 11.0. The van der Waals surface area contributed by atoms with Crippen LogP contribution in [-0.4, -0.2) is 19.7 Å². The summed E-state index contributed by atoms with van der Waals surface area (Å²) >= 11 is 5.86. The SMILES string of the molecule is Cc1nn(Cc2ncc(-c3ccc(Cl)cc3)o2)c(C)c1[N+](=O)[O-]. The molecule has 2 heterocycles. The zero-order valence-corrected chi connectivity index (χ0v) is 13.2. The van der Waals surface area contributed by atoms with Crippen LogP contribution in [0.25, 0.3) is 11.3 Å². The lowest BCUT2D eigenvalue weighted by atomic mass is 10.2. The predicted molar refractivity (Wildman–Crippen MR) is 84.4 cm³/mol. The van der Waals surface area contributed by atoms with E-state index < -0.39 is 4.92 Å². The monoisotopic (exact) mass is 332 g/mol. The minimum Gasteiger partial charge on any atom is -0.439 e. The Labute approximate surface area is 136 Å². The van der Waals surface area contributed by atoms with Gasteiger partial charge in [0.05, 0.1) is 11.1 Å². The van der Waals surface area contributed by atoms with Gasteiger partial charge in [-0.05, 0) is 38.1 Å². The Morgan fingerprint density at radius 1 is 1.30 bits per heavy atom. The summed E-state index contributed by atoms with van der Waals surface area (Å²) in [5, 5.41) is 15.8. The lowest BCUT2D eigenvalue weighted by molar-refractivity contribution is -0.386. The molecule has 0 amide bonds. The fourth-order valence-corrected chi connectivity index (χ4v) is 2.49.